The second kappa shape index (κ2) is 20.3. The van der Waals surface area contributed by atoms with E-state index in [1.807, 2.05) is 0 Å². The number of halogens is 2. The molecule has 0 bridgehead atoms. The van der Waals surface area contributed by atoms with Gasteiger partial charge in [0.2, 0.25) is 0 Å². The Morgan fingerprint density at radius 3 is 0.818 bits per heavy atom. The van der Waals surface area contributed by atoms with Crippen LogP contribution in [0.1, 0.15) is 27.8 Å². The monoisotopic (exact) mass is 459 g/mol. The van der Waals surface area contributed by atoms with E-state index in [0.29, 0.717) is 0 Å². The Labute approximate surface area is 175 Å². The summed E-state index contributed by atoms with van der Waals surface area (Å²) >= 11 is 0. The Bertz CT molecular complexity index is 263. The van der Waals surface area contributed by atoms with Crippen molar-refractivity contribution in [3.05, 3.63) is 34.0 Å². The van der Waals surface area contributed by atoms with Crippen LogP contribution in [0, 0.1) is 34.6 Å². The smallest absolute Gasteiger partial charge is 0.693 e. The van der Waals surface area contributed by atoms with Crippen LogP contribution in [0.5, 0.6) is 0 Å². The van der Waals surface area contributed by atoms with Crippen LogP contribution in [0.4, 0.5) is 0 Å². The van der Waals surface area contributed by atoms with Gasteiger partial charge in [0.1, 0.15) is 0 Å². The van der Waals surface area contributed by atoms with Gasteiger partial charge in [0.25, 0.3) is 0 Å². The first-order chi connectivity index (χ1) is 8.02. The molecular weight excluding hydrogens is 424 g/mol. The normalized spacial score (nSPS) is 8.05. The minimum atomic E-state index is 0. The molecule has 1 nitrogen and oxygen atoms in total. The van der Waals surface area contributed by atoms with Gasteiger partial charge in [0, 0.05) is 17.6 Å². The van der Waals surface area contributed by atoms with E-state index in [-0.39, 0.29) is 74.8 Å². The predicted molar refractivity (Wildman–Crippen MR) is 112 cm³/mol. The van der Waals surface area contributed by atoms with Crippen LogP contribution in [0.15, 0.2) is 0 Å². The van der Waals surface area contributed by atoms with Crippen LogP contribution >= 0.6 is 24.8 Å². The molecule has 0 spiro atoms. The molecular formula is C16H37Cl2NSi2Zr. The van der Waals surface area contributed by atoms with Gasteiger partial charge < -0.3 is 6.15 Å². The Morgan fingerprint density at radius 2 is 0.773 bits per heavy atom. The quantitative estimate of drug-likeness (QED) is 0.288. The molecule has 2 radical (unpaired) electrons. The van der Waals surface area contributed by atoms with Crippen molar-refractivity contribution in [3.8, 4) is 0 Å². The standard InChI is InChI=1S/C10H15.2C3H9Si.2ClH.H2N.Zr/c1-6-7(2)9(4)10(5)8(6)3;2*1-4(2)3;;;;/h1-5H3;2*1-3H3;2*1H;1H2;/q-1;;;;;-1;+2. The number of hydrogen-bond donors (Lipinski definition) is 0. The van der Waals surface area contributed by atoms with E-state index in [2.05, 4.69) is 73.9 Å². The van der Waals surface area contributed by atoms with Crippen molar-refractivity contribution >= 4 is 42.4 Å². The van der Waals surface area contributed by atoms with Crippen LogP contribution < -0.4 is 0 Å². The third-order valence-corrected chi connectivity index (χ3v) is 2.81. The fourth-order valence-electron chi connectivity index (χ4n) is 1.41. The largest absolute Gasteiger partial charge is 2.00 e. The van der Waals surface area contributed by atoms with E-state index in [9.17, 15) is 0 Å². The Morgan fingerprint density at radius 1 is 0.636 bits per heavy atom. The molecule has 0 aliphatic carbocycles. The van der Waals surface area contributed by atoms with Crippen LogP contribution in [-0.2, 0) is 26.2 Å². The summed E-state index contributed by atoms with van der Waals surface area (Å²) in [5.41, 5.74) is 7.34. The average Bonchev–Trinajstić information content (AvgIpc) is 2.35. The van der Waals surface area contributed by atoms with Gasteiger partial charge in [-0.1, -0.05) is 73.9 Å². The molecule has 0 unspecified atom stereocenters. The first-order valence-corrected chi connectivity index (χ1v) is 12.8. The molecule has 22 heavy (non-hydrogen) atoms. The summed E-state index contributed by atoms with van der Waals surface area (Å²) < 4.78 is 0. The van der Waals surface area contributed by atoms with Gasteiger partial charge >= 0.3 is 26.2 Å². The van der Waals surface area contributed by atoms with Gasteiger partial charge in [0.05, 0.1) is 0 Å². The van der Waals surface area contributed by atoms with Gasteiger partial charge in [-0.2, -0.15) is 27.8 Å². The molecule has 0 fully saturated rings. The Kier molecular flexibility index (Phi) is 35.6. The summed E-state index contributed by atoms with van der Waals surface area (Å²) in [5, 5.41) is 0. The Hall–Kier alpha value is 1.21. The molecule has 0 heterocycles. The van der Waals surface area contributed by atoms with Crippen molar-refractivity contribution in [2.75, 3.05) is 0 Å². The van der Waals surface area contributed by atoms with Crippen molar-refractivity contribution in [3.63, 3.8) is 0 Å². The van der Waals surface area contributed by atoms with Crippen LogP contribution in [0.25, 0.3) is 6.15 Å². The SMILES string of the molecule is C[Si](C)C.C[Si](C)C.Cc1c(C)c(C)[c-](C)c1C.Cl.Cl.[NH2-].[Zr+2]. The van der Waals surface area contributed by atoms with E-state index >= 15 is 0 Å². The molecule has 0 saturated carbocycles. The molecule has 0 saturated heterocycles. The van der Waals surface area contributed by atoms with Crippen molar-refractivity contribution < 1.29 is 26.2 Å². The molecule has 0 aliphatic heterocycles. The average molecular weight is 462 g/mol. The summed E-state index contributed by atoms with van der Waals surface area (Å²) in [7, 11) is 0.241. The van der Waals surface area contributed by atoms with Crippen LogP contribution in [0.2, 0.25) is 39.3 Å². The molecule has 0 aromatic heterocycles. The zero-order valence-corrected chi connectivity index (χ0v) is 22.5. The molecule has 1 aromatic carbocycles. The first-order valence-electron chi connectivity index (χ1n) is 6.75. The van der Waals surface area contributed by atoms with Crippen molar-refractivity contribution in [2.24, 2.45) is 0 Å². The fraction of sp³-hybridized carbons (Fsp3) is 0.688. The van der Waals surface area contributed by atoms with Crippen LogP contribution in [-0.4, -0.2) is 17.6 Å². The number of nitrogens with two attached hydrogens (primary N) is 1. The van der Waals surface area contributed by atoms with E-state index in [0.717, 1.165) is 0 Å². The van der Waals surface area contributed by atoms with Crippen LogP contribution in [0.3, 0.4) is 0 Å². The van der Waals surface area contributed by atoms with Gasteiger partial charge in [0.15, 0.2) is 0 Å². The van der Waals surface area contributed by atoms with Gasteiger partial charge in [-0.05, 0) is 0 Å². The number of rotatable bonds is 0. The summed E-state index contributed by atoms with van der Waals surface area (Å²) in [4.78, 5) is 0. The second-order valence-electron chi connectivity index (χ2n) is 6.12. The van der Waals surface area contributed by atoms with Gasteiger partial charge in [-0.25, -0.2) is 0 Å². The maximum Gasteiger partial charge on any atom is 2.00 e. The molecule has 0 aliphatic rings. The molecule has 1 aromatic rings. The summed E-state index contributed by atoms with van der Waals surface area (Å²) in [6.07, 6.45) is 0. The Balaban J connectivity index is -0.0000000467. The van der Waals surface area contributed by atoms with Gasteiger partial charge in [-0.15, -0.1) is 24.8 Å². The van der Waals surface area contributed by atoms with E-state index < -0.39 is 0 Å². The van der Waals surface area contributed by atoms with E-state index in [1.165, 1.54) is 27.8 Å². The minimum Gasteiger partial charge on any atom is -0.693 e. The maximum absolute atomic E-state index is 2.27. The van der Waals surface area contributed by atoms with Gasteiger partial charge in [-0.3, -0.25) is 0 Å². The number of hydrogen-bond acceptors (Lipinski definition) is 0. The molecule has 0 atom stereocenters. The van der Waals surface area contributed by atoms with Crippen molar-refractivity contribution in [1.82, 2.24) is 0 Å². The molecule has 6 heteroatoms. The molecule has 2 N–H and O–H groups in total. The summed E-state index contributed by atoms with van der Waals surface area (Å²) in [5.74, 6) is 0. The fourth-order valence-corrected chi connectivity index (χ4v) is 1.41. The van der Waals surface area contributed by atoms with Crippen molar-refractivity contribution in [2.45, 2.75) is 73.9 Å². The zero-order valence-electron chi connectivity index (χ0n) is 16.4. The first kappa shape index (κ1) is 38.7. The molecule has 1 rings (SSSR count). The summed E-state index contributed by atoms with van der Waals surface area (Å²) in [6.45, 7) is 24.6. The molecule has 132 valence electrons. The van der Waals surface area contributed by atoms with E-state index in [4.69, 9.17) is 0 Å². The molecule has 0 amide bonds. The third-order valence-electron chi connectivity index (χ3n) is 2.81. The zero-order chi connectivity index (χ0) is 15.0. The maximum atomic E-state index is 2.27. The topological polar surface area (TPSA) is 33.5 Å². The summed E-state index contributed by atoms with van der Waals surface area (Å²) in [6, 6.07) is 0. The predicted octanol–water partition coefficient (Wildman–Crippen LogP) is 7.25. The third kappa shape index (κ3) is 19.3. The second-order valence-corrected chi connectivity index (χ2v) is 12.1. The van der Waals surface area contributed by atoms with E-state index in [1.54, 1.807) is 0 Å². The minimum absolute atomic E-state index is 0. The van der Waals surface area contributed by atoms with Crippen molar-refractivity contribution in [1.29, 1.82) is 0 Å².